The molecule has 0 atom stereocenters. The lowest BCUT2D eigenvalue weighted by atomic mass is 9.85. The Labute approximate surface area is 189 Å². The number of benzene rings is 1. The molecule has 4 heterocycles. The van der Waals surface area contributed by atoms with Crippen molar-refractivity contribution >= 4 is 33.4 Å². The number of aryl methyl sites for hydroxylation is 1. The van der Waals surface area contributed by atoms with Gasteiger partial charge in [0, 0.05) is 23.2 Å². The summed E-state index contributed by atoms with van der Waals surface area (Å²) in [7, 11) is 0. The van der Waals surface area contributed by atoms with Gasteiger partial charge in [0.25, 0.3) is 5.91 Å². The first-order chi connectivity index (χ1) is 16.4. The van der Waals surface area contributed by atoms with Crippen LogP contribution in [0.4, 0.5) is 18.9 Å². The molecule has 1 aliphatic carbocycles. The number of alkyl halides is 3. The summed E-state index contributed by atoms with van der Waals surface area (Å²) in [4.78, 5) is 17.7. The monoisotopic (exact) mass is 466 g/mol. The first-order valence-corrected chi connectivity index (χ1v) is 10.7. The molecule has 0 saturated carbocycles. The van der Waals surface area contributed by atoms with Gasteiger partial charge in [-0.25, -0.2) is 4.98 Å². The third-order valence-electron chi connectivity index (χ3n) is 6.13. The Morgan fingerprint density at radius 3 is 2.59 bits per heavy atom. The molecule has 9 nitrogen and oxygen atoms in total. The van der Waals surface area contributed by atoms with Gasteiger partial charge >= 0.3 is 6.18 Å². The van der Waals surface area contributed by atoms with Crippen molar-refractivity contribution in [3.05, 3.63) is 53.2 Å². The summed E-state index contributed by atoms with van der Waals surface area (Å²) in [6, 6.07) is 3.46. The fourth-order valence-corrected chi connectivity index (χ4v) is 4.72. The van der Waals surface area contributed by atoms with Crippen LogP contribution >= 0.6 is 0 Å². The lowest BCUT2D eigenvalue weighted by Gasteiger charge is -2.22. The van der Waals surface area contributed by atoms with Crippen molar-refractivity contribution in [2.45, 2.75) is 31.9 Å². The number of aromatic nitrogens is 7. The molecule has 1 aliphatic rings. The zero-order valence-corrected chi connectivity index (χ0v) is 17.5. The van der Waals surface area contributed by atoms with E-state index < -0.39 is 17.8 Å². The smallest absolute Gasteiger partial charge is 0.318 e. The molecule has 4 aromatic heterocycles. The summed E-state index contributed by atoms with van der Waals surface area (Å²) >= 11 is 0. The largest absolute Gasteiger partial charge is 0.435 e. The van der Waals surface area contributed by atoms with E-state index in [9.17, 15) is 18.0 Å². The zero-order valence-electron chi connectivity index (χ0n) is 17.5. The van der Waals surface area contributed by atoms with Crippen molar-refractivity contribution in [2.75, 3.05) is 5.32 Å². The number of nitrogens with one attached hydrogen (secondary N) is 4. The van der Waals surface area contributed by atoms with Gasteiger partial charge < -0.3 is 5.32 Å². The van der Waals surface area contributed by atoms with Crippen LogP contribution in [0.25, 0.3) is 33.1 Å². The summed E-state index contributed by atoms with van der Waals surface area (Å²) in [6.45, 7) is 0. The lowest BCUT2D eigenvalue weighted by molar-refractivity contribution is -0.140. The molecule has 0 unspecified atom stereocenters. The van der Waals surface area contributed by atoms with Crippen LogP contribution in [0.3, 0.4) is 0 Å². The van der Waals surface area contributed by atoms with Gasteiger partial charge in [-0.05, 0) is 48.9 Å². The minimum atomic E-state index is -4.61. The molecular formula is C22H17F3N8O. The molecule has 12 heteroatoms. The number of halogens is 3. The maximum Gasteiger partial charge on any atom is 0.435 e. The molecule has 0 radical (unpaired) electrons. The number of rotatable bonds is 3. The predicted molar refractivity (Wildman–Crippen MR) is 117 cm³/mol. The fraction of sp³-hybridized carbons (Fsp3) is 0.227. The number of carbonyl (C=O) groups is 1. The predicted octanol–water partition coefficient (Wildman–Crippen LogP) is 4.37. The zero-order chi connectivity index (χ0) is 23.4. The quantitative estimate of drug-likeness (QED) is 0.314. The van der Waals surface area contributed by atoms with Gasteiger partial charge in [0.1, 0.15) is 0 Å². The Balaban J connectivity index is 1.60. The maximum absolute atomic E-state index is 13.6. The van der Waals surface area contributed by atoms with Gasteiger partial charge in [0.05, 0.1) is 34.2 Å². The van der Waals surface area contributed by atoms with Gasteiger partial charge in [-0.15, -0.1) is 0 Å². The highest BCUT2D eigenvalue weighted by Gasteiger charge is 2.38. The highest BCUT2D eigenvalue weighted by molar-refractivity contribution is 6.19. The molecule has 0 spiro atoms. The summed E-state index contributed by atoms with van der Waals surface area (Å²) in [5.74, 6) is -0.428. The summed E-state index contributed by atoms with van der Waals surface area (Å²) in [6.07, 6.45) is 2.61. The Hall–Kier alpha value is -4.22. The third kappa shape index (κ3) is 3.13. The number of nitrogens with zero attached hydrogens (tertiary/aromatic N) is 4. The summed E-state index contributed by atoms with van der Waals surface area (Å²) in [5, 5.41) is 23.4. The number of anilines is 1. The molecule has 172 valence electrons. The van der Waals surface area contributed by atoms with Crippen molar-refractivity contribution in [2.24, 2.45) is 0 Å². The SMILES string of the molecule is O=C(Nc1cn[nH]c1)c1n[nH]c2ccc3nc(-c4c[nH]nc4C(F)(F)F)c4c(c3c12)CCCC4. The minimum absolute atomic E-state index is 0.0715. The number of fused-ring (bicyclic) bond motifs is 5. The molecule has 4 N–H and O–H groups in total. The highest BCUT2D eigenvalue weighted by Crippen LogP contribution is 2.42. The first-order valence-electron chi connectivity index (χ1n) is 10.7. The Morgan fingerprint density at radius 2 is 1.82 bits per heavy atom. The van der Waals surface area contributed by atoms with E-state index in [1.54, 1.807) is 18.3 Å². The lowest BCUT2D eigenvalue weighted by Crippen LogP contribution is -2.13. The van der Waals surface area contributed by atoms with E-state index in [0.717, 1.165) is 29.4 Å². The molecule has 0 saturated heterocycles. The van der Waals surface area contributed by atoms with Gasteiger partial charge in [-0.2, -0.15) is 28.5 Å². The number of pyridine rings is 1. The molecule has 34 heavy (non-hydrogen) atoms. The van der Waals surface area contributed by atoms with Crippen molar-refractivity contribution in [1.82, 2.24) is 35.6 Å². The number of carbonyl (C=O) groups excluding carboxylic acids is 1. The molecule has 0 aliphatic heterocycles. The molecule has 6 rings (SSSR count). The van der Waals surface area contributed by atoms with Crippen LogP contribution in [0.5, 0.6) is 0 Å². The van der Waals surface area contributed by atoms with Gasteiger partial charge in [-0.3, -0.25) is 20.1 Å². The van der Waals surface area contributed by atoms with Crippen molar-refractivity contribution < 1.29 is 18.0 Å². The fourth-order valence-electron chi connectivity index (χ4n) is 4.72. The van der Waals surface area contributed by atoms with E-state index in [-0.39, 0.29) is 17.0 Å². The van der Waals surface area contributed by atoms with Gasteiger partial charge in [0.15, 0.2) is 11.4 Å². The second-order valence-corrected chi connectivity index (χ2v) is 8.17. The van der Waals surface area contributed by atoms with Crippen LogP contribution in [0.1, 0.15) is 40.2 Å². The maximum atomic E-state index is 13.6. The van der Waals surface area contributed by atoms with Crippen LogP contribution < -0.4 is 5.32 Å². The summed E-state index contributed by atoms with van der Waals surface area (Å²) in [5.41, 5.74) is 2.67. The molecule has 0 bridgehead atoms. The number of hydrogen-bond donors (Lipinski definition) is 4. The number of aromatic amines is 3. The van der Waals surface area contributed by atoms with E-state index in [1.807, 2.05) is 0 Å². The van der Waals surface area contributed by atoms with Crippen LogP contribution in [0.2, 0.25) is 0 Å². The number of hydrogen-bond acceptors (Lipinski definition) is 5. The average molecular weight is 466 g/mol. The third-order valence-corrected chi connectivity index (χ3v) is 6.13. The molecule has 5 aromatic rings. The second kappa shape index (κ2) is 7.40. The van der Waals surface area contributed by atoms with Gasteiger partial charge in [0.2, 0.25) is 0 Å². The standard InChI is InChI=1S/C22H17F3N8O/c23-22(24,25)20-13(9-28-33-20)18-12-4-2-1-3-11(12)16-14(30-18)5-6-15-17(16)19(32-31-15)21(34)29-10-7-26-27-8-10/h5-9H,1-4H2,(H,26,27)(H,28,33)(H,29,34)(H,31,32). The molecule has 1 amide bonds. The van der Waals surface area contributed by atoms with Gasteiger partial charge in [-0.1, -0.05) is 0 Å². The van der Waals surface area contributed by atoms with E-state index in [2.05, 4.69) is 40.9 Å². The van der Waals surface area contributed by atoms with Crippen molar-refractivity contribution in [3.63, 3.8) is 0 Å². The van der Waals surface area contributed by atoms with E-state index in [1.165, 1.54) is 12.4 Å². The van der Waals surface area contributed by atoms with Crippen LogP contribution in [-0.2, 0) is 19.0 Å². The molecule has 1 aromatic carbocycles. The Bertz CT molecular complexity index is 1550. The second-order valence-electron chi connectivity index (χ2n) is 8.17. The van der Waals surface area contributed by atoms with E-state index in [0.29, 0.717) is 34.9 Å². The van der Waals surface area contributed by atoms with E-state index in [4.69, 9.17) is 0 Å². The van der Waals surface area contributed by atoms with Crippen LogP contribution in [-0.4, -0.2) is 41.5 Å². The molecular weight excluding hydrogens is 449 g/mol. The normalized spacial score (nSPS) is 14.0. The summed E-state index contributed by atoms with van der Waals surface area (Å²) < 4.78 is 40.8. The minimum Gasteiger partial charge on any atom is -0.318 e. The Morgan fingerprint density at radius 1 is 1.00 bits per heavy atom. The number of amides is 1. The van der Waals surface area contributed by atoms with Crippen molar-refractivity contribution in [1.29, 1.82) is 0 Å². The van der Waals surface area contributed by atoms with Crippen molar-refractivity contribution in [3.8, 4) is 11.3 Å². The van der Waals surface area contributed by atoms with E-state index >= 15 is 0 Å². The Kier molecular flexibility index (Phi) is 4.44. The topological polar surface area (TPSA) is 128 Å². The van der Waals surface area contributed by atoms with Crippen LogP contribution in [0, 0.1) is 0 Å². The molecule has 0 fully saturated rings. The number of H-pyrrole nitrogens is 3. The van der Waals surface area contributed by atoms with Crippen LogP contribution in [0.15, 0.2) is 30.7 Å². The highest BCUT2D eigenvalue weighted by atomic mass is 19.4. The first kappa shape index (κ1) is 20.4. The average Bonchev–Trinajstić information content (AvgIpc) is 3.58.